The van der Waals surface area contributed by atoms with Gasteiger partial charge in [0.1, 0.15) is 0 Å². The summed E-state index contributed by atoms with van der Waals surface area (Å²) < 4.78 is 45.6. The van der Waals surface area contributed by atoms with E-state index in [4.69, 9.17) is 16.2 Å². The molecule has 0 spiro atoms. The number of pyridine rings is 1. The molecule has 9 heteroatoms. The van der Waals surface area contributed by atoms with Crippen molar-refractivity contribution in [2.24, 2.45) is 5.73 Å². The van der Waals surface area contributed by atoms with Crippen LogP contribution >= 0.6 is 0 Å². The van der Waals surface area contributed by atoms with Gasteiger partial charge in [0.2, 0.25) is 0 Å². The Balaban J connectivity index is 3.21. The number of halogens is 3. The number of nitrogens with zero attached hydrogens (tertiary/aromatic N) is 1. The Labute approximate surface area is 112 Å². The number of rotatable bonds is 5. The largest absolute Gasteiger partial charge is 0.573 e. The second-order valence-corrected chi connectivity index (χ2v) is 3.71. The van der Waals surface area contributed by atoms with E-state index >= 15 is 0 Å². The minimum absolute atomic E-state index is 0.0734. The summed E-state index contributed by atoms with van der Waals surface area (Å²) in [4.78, 5) is 15.0. The van der Waals surface area contributed by atoms with E-state index in [9.17, 15) is 18.0 Å². The second-order valence-electron chi connectivity index (χ2n) is 3.71. The van der Waals surface area contributed by atoms with Crippen LogP contribution in [-0.4, -0.2) is 23.9 Å². The molecule has 0 fully saturated rings. The van der Waals surface area contributed by atoms with Gasteiger partial charge in [-0.1, -0.05) is 0 Å². The van der Waals surface area contributed by atoms with E-state index in [-0.39, 0.29) is 24.3 Å². The topological polar surface area (TPSA) is 100 Å². The lowest BCUT2D eigenvalue weighted by molar-refractivity contribution is -0.274. The Kier molecular flexibility index (Phi) is 5.14. The first-order valence-corrected chi connectivity index (χ1v) is 5.66. The van der Waals surface area contributed by atoms with Gasteiger partial charge in [-0.25, -0.2) is 4.98 Å². The Bertz CT molecular complexity index is 492. The molecule has 0 aliphatic rings. The third kappa shape index (κ3) is 4.26. The normalized spacial score (nSPS) is 11.2. The van der Waals surface area contributed by atoms with Gasteiger partial charge in [-0.15, -0.1) is 13.2 Å². The molecule has 0 radical (unpaired) electrons. The molecule has 20 heavy (non-hydrogen) atoms. The summed E-state index contributed by atoms with van der Waals surface area (Å²) in [5, 5.41) is 0. The SMILES string of the molecule is CCOC(=O)Cc1c(CN)cnc(N)c1OC(F)(F)F. The lowest BCUT2D eigenvalue weighted by Crippen LogP contribution is -2.22. The number of hydrogen-bond acceptors (Lipinski definition) is 6. The molecule has 0 aliphatic carbocycles. The summed E-state index contributed by atoms with van der Waals surface area (Å²) in [6.07, 6.45) is -4.18. The molecule has 0 saturated heterocycles. The maximum Gasteiger partial charge on any atom is 0.573 e. The summed E-state index contributed by atoms with van der Waals surface area (Å²) in [6.45, 7) is 1.57. The van der Waals surface area contributed by atoms with Gasteiger partial charge in [0.25, 0.3) is 0 Å². The number of alkyl halides is 3. The molecular weight excluding hydrogens is 279 g/mol. The Morgan fingerprint density at radius 3 is 2.60 bits per heavy atom. The minimum atomic E-state index is -4.95. The Morgan fingerprint density at radius 2 is 2.10 bits per heavy atom. The van der Waals surface area contributed by atoms with Crippen molar-refractivity contribution in [3.8, 4) is 5.75 Å². The highest BCUT2D eigenvalue weighted by atomic mass is 19.4. The lowest BCUT2D eigenvalue weighted by atomic mass is 10.1. The first kappa shape index (κ1) is 16.0. The molecule has 6 nitrogen and oxygen atoms in total. The number of ether oxygens (including phenoxy) is 2. The fourth-order valence-electron chi connectivity index (χ4n) is 1.54. The standard InChI is InChI=1S/C11H14F3N3O3/c1-2-19-8(18)3-7-6(4-15)5-17-10(16)9(7)20-11(12,13)14/h5H,2-4,15H2,1H3,(H2,16,17). The number of nitrogens with two attached hydrogens (primary N) is 2. The van der Waals surface area contributed by atoms with Crippen LogP contribution in [0.3, 0.4) is 0 Å². The van der Waals surface area contributed by atoms with Gasteiger partial charge in [0, 0.05) is 18.3 Å². The molecule has 0 saturated carbocycles. The van der Waals surface area contributed by atoms with Crippen molar-refractivity contribution in [1.29, 1.82) is 0 Å². The Hall–Kier alpha value is -2.03. The van der Waals surface area contributed by atoms with E-state index in [1.165, 1.54) is 6.20 Å². The van der Waals surface area contributed by atoms with Gasteiger partial charge < -0.3 is 20.9 Å². The van der Waals surface area contributed by atoms with Gasteiger partial charge in [-0.05, 0) is 12.5 Å². The lowest BCUT2D eigenvalue weighted by Gasteiger charge is -2.17. The number of carbonyl (C=O) groups excluding carboxylic acids is 1. The van der Waals surface area contributed by atoms with E-state index < -0.39 is 30.3 Å². The van der Waals surface area contributed by atoms with E-state index in [0.29, 0.717) is 0 Å². The van der Waals surface area contributed by atoms with Gasteiger partial charge in [-0.3, -0.25) is 4.79 Å². The number of hydrogen-bond donors (Lipinski definition) is 2. The summed E-state index contributed by atoms with van der Waals surface area (Å²) in [6, 6.07) is 0. The second kappa shape index (κ2) is 6.42. The molecule has 1 heterocycles. The molecule has 1 rings (SSSR count). The van der Waals surface area contributed by atoms with Gasteiger partial charge in [0.05, 0.1) is 13.0 Å². The van der Waals surface area contributed by atoms with Crippen LogP contribution in [0.25, 0.3) is 0 Å². The van der Waals surface area contributed by atoms with Crippen LogP contribution in [0.4, 0.5) is 19.0 Å². The van der Waals surface area contributed by atoms with Crippen LogP contribution < -0.4 is 16.2 Å². The van der Waals surface area contributed by atoms with Gasteiger partial charge in [-0.2, -0.15) is 0 Å². The van der Waals surface area contributed by atoms with Gasteiger partial charge in [0.15, 0.2) is 11.6 Å². The smallest absolute Gasteiger partial charge is 0.466 e. The first-order chi connectivity index (χ1) is 9.28. The van der Waals surface area contributed by atoms with Crippen molar-refractivity contribution in [2.75, 3.05) is 12.3 Å². The first-order valence-electron chi connectivity index (χ1n) is 5.66. The molecule has 1 aromatic rings. The number of carbonyl (C=O) groups is 1. The number of esters is 1. The molecule has 0 atom stereocenters. The monoisotopic (exact) mass is 293 g/mol. The predicted molar refractivity (Wildman–Crippen MR) is 63.6 cm³/mol. The average Bonchev–Trinajstić information content (AvgIpc) is 2.33. The highest BCUT2D eigenvalue weighted by Crippen LogP contribution is 2.33. The molecule has 0 aromatic carbocycles. The molecule has 112 valence electrons. The van der Waals surface area contributed by atoms with E-state index in [2.05, 4.69) is 9.72 Å². The zero-order valence-corrected chi connectivity index (χ0v) is 10.7. The van der Waals surface area contributed by atoms with Crippen LogP contribution in [0.5, 0.6) is 5.75 Å². The van der Waals surface area contributed by atoms with Crippen LogP contribution in [0.1, 0.15) is 18.1 Å². The molecular formula is C11H14F3N3O3. The fraction of sp³-hybridized carbons (Fsp3) is 0.455. The highest BCUT2D eigenvalue weighted by molar-refractivity contribution is 5.75. The summed E-state index contributed by atoms with van der Waals surface area (Å²) in [7, 11) is 0. The van der Waals surface area contributed by atoms with Crippen molar-refractivity contribution in [3.63, 3.8) is 0 Å². The van der Waals surface area contributed by atoms with Crippen molar-refractivity contribution in [1.82, 2.24) is 4.98 Å². The summed E-state index contributed by atoms with van der Waals surface area (Å²) >= 11 is 0. The highest BCUT2D eigenvalue weighted by Gasteiger charge is 2.34. The number of nitrogen functional groups attached to an aromatic ring is 1. The van der Waals surface area contributed by atoms with Crippen LogP contribution in [0.2, 0.25) is 0 Å². The van der Waals surface area contributed by atoms with E-state index in [1.807, 2.05) is 0 Å². The summed E-state index contributed by atoms with van der Waals surface area (Å²) in [5.74, 6) is -1.90. The van der Waals surface area contributed by atoms with Crippen molar-refractivity contribution >= 4 is 11.8 Å². The maximum absolute atomic E-state index is 12.4. The fourth-order valence-corrected chi connectivity index (χ4v) is 1.54. The van der Waals surface area contributed by atoms with Crippen LogP contribution in [0.15, 0.2) is 6.20 Å². The quantitative estimate of drug-likeness (QED) is 0.789. The van der Waals surface area contributed by atoms with E-state index in [1.54, 1.807) is 6.92 Å². The average molecular weight is 293 g/mol. The predicted octanol–water partition coefficient (Wildman–Crippen LogP) is 1.13. The van der Waals surface area contributed by atoms with Crippen molar-refractivity contribution < 1.29 is 27.4 Å². The maximum atomic E-state index is 12.4. The minimum Gasteiger partial charge on any atom is -0.466 e. The molecule has 0 bridgehead atoms. The van der Waals surface area contributed by atoms with E-state index in [0.717, 1.165) is 0 Å². The van der Waals surface area contributed by atoms with Crippen LogP contribution in [0, 0.1) is 0 Å². The summed E-state index contributed by atoms with van der Waals surface area (Å²) in [5.41, 5.74) is 10.9. The third-order valence-corrected chi connectivity index (χ3v) is 2.32. The molecule has 4 N–H and O–H groups in total. The number of anilines is 1. The zero-order valence-electron chi connectivity index (χ0n) is 10.7. The molecule has 0 aliphatic heterocycles. The zero-order chi connectivity index (χ0) is 15.3. The van der Waals surface area contributed by atoms with Gasteiger partial charge >= 0.3 is 12.3 Å². The van der Waals surface area contributed by atoms with Crippen LogP contribution in [-0.2, 0) is 22.5 Å². The van der Waals surface area contributed by atoms with Crippen molar-refractivity contribution in [3.05, 3.63) is 17.3 Å². The molecule has 1 aromatic heterocycles. The third-order valence-electron chi connectivity index (χ3n) is 2.32. The number of aromatic nitrogens is 1. The Morgan fingerprint density at radius 1 is 1.45 bits per heavy atom. The molecule has 0 unspecified atom stereocenters. The van der Waals surface area contributed by atoms with Crippen molar-refractivity contribution in [2.45, 2.75) is 26.3 Å². The molecule has 0 amide bonds.